The molecule has 0 saturated heterocycles. The number of amides is 1. The highest BCUT2D eigenvalue weighted by Crippen LogP contribution is 2.42. The number of imidazole rings is 1. The highest BCUT2D eigenvalue weighted by Gasteiger charge is 2.27. The van der Waals surface area contributed by atoms with Crippen LogP contribution in [-0.4, -0.2) is 33.7 Å². The largest absolute Gasteiger partial charge is 0.395 e. The Hall–Kier alpha value is -0.440. The summed E-state index contributed by atoms with van der Waals surface area (Å²) >= 11 is 10.7. The van der Waals surface area contributed by atoms with E-state index in [1.165, 1.54) is 5.56 Å². The molecule has 1 aromatic heterocycles. The number of aliphatic hydroxyl groups excluding tert-OH is 1. The standard InChI is InChI=1S/C13H12Br3N3O2/c14-7-6-2-1-4-19-11(6)10(9(16)8(7)15)18-12(19)13(21)17-3-5-20/h20H,1-5H2,(H,17,21). The molecule has 2 heterocycles. The van der Waals surface area contributed by atoms with Crippen molar-refractivity contribution in [3.63, 3.8) is 0 Å². The number of carbonyl (C=O) groups is 1. The zero-order valence-electron chi connectivity index (χ0n) is 10.9. The van der Waals surface area contributed by atoms with E-state index in [1.807, 2.05) is 4.57 Å². The third-order valence-corrected chi connectivity index (χ3v) is 7.02. The molecule has 1 amide bonds. The number of nitrogens with one attached hydrogen (secondary N) is 1. The molecule has 2 N–H and O–H groups in total. The number of hydrogen-bond acceptors (Lipinski definition) is 3. The quantitative estimate of drug-likeness (QED) is 0.662. The Bertz CT molecular complexity index is 742. The van der Waals surface area contributed by atoms with Crippen molar-refractivity contribution in [2.75, 3.05) is 13.2 Å². The Morgan fingerprint density at radius 3 is 2.76 bits per heavy atom. The number of rotatable bonds is 3. The molecule has 1 aliphatic heterocycles. The lowest BCUT2D eigenvalue weighted by atomic mass is 10.0. The van der Waals surface area contributed by atoms with Gasteiger partial charge < -0.3 is 15.0 Å². The topological polar surface area (TPSA) is 67.2 Å². The zero-order chi connectivity index (χ0) is 15.1. The molecule has 1 aromatic carbocycles. The van der Waals surface area contributed by atoms with Gasteiger partial charge in [-0.15, -0.1) is 0 Å². The van der Waals surface area contributed by atoms with Crippen LogP contribution in [0.2, 0.25) is 0 Å². The van der Waals surface area contributed by atoms with Crippen LogP contribution < -0.4 is 5.32 Å². The van der Waals surface area contributed by atoms with Gasteiger partial charge in [0.15, 0.2) is 5.82 Å². The molecule has 3 rings (SSSR count). The summed E-state index contributed by atoms with van der Waals surface area (Å²) in [5.41, 5.74) is 2.95. The monoisotopic (exact) mass is 479 g/mol. The second-order valence-electron chi connectivity index (χ2n) is 4.79. The molecule has 0 atom stereocenters. The van der Waals surface area contributed by atoms with Crippen molar-refractivity contribution in [2.45, 2.75) is 19.4 Å². The smallest absolute Gasteiger partial charge is 0.287 e. The van der Waals surface area contributed by atoms with Crippen molar-refractivity contribution < 1.29 is 9.90 Å². The van der Waals surface area contributed by atoms with Crippen molar-refractivity contribution in [2.24, 2.45) is 0 Å². The van der Waals surface area contributed by atoms with E-state index in [4.69, 9.17) is 5.11 Å². The van der Waals surface area contributed by atoms with Crippen molar-refractivity contribution in [1.82, 2.24) is 14.9 Å². The molecule has 2 aromatic rings. The second-order valence-corrected chi connectivity index (χ2v) is 7.17. The second kappa shape index (κ2) is 5.98. The van der Waals surface area contributed by atoms with Crippen LogP contribution in [0.1, 0.15) is 22.6 Å². The highest BCUT2D eigenvalue weighted by molar-refractivity contribution is 9.14. The minimum atomic E-state index is -0.257. The van der Waals surface area contributed by atoms with Gasteiger partial charge in [0.25, 0.3) is 5.91 Å². The van der Waals surface area contributed by atoms with Crippen LogP contribution in [0.15, 0.2) is 13.4 Å². The maximum absolute atomic E-state index is 12.2. The summed E-state index contributed by atoms with van der Waals surface area (Å²) in [6.07, 6.45) is 1.91. The fraction of sp³-hybridized carbons (Fsp3) is 0.385. The van der Waals surface area contributed by atoms with Gasteiger partial charge in [-0.2, -0.15) is 0 Å². The van der Waals surface area contributed by atoms with E-state index in [0.717, 1.165) is 43.8 Å². The predicted octanol–water partition coefficient (Wildman–Crippen LogP) is 2.99. The molecule has 0 fully saturated rings. The Balaban J connectivity index is 2.24. The number of nitrogens with zero attached hydrogens (tertiary/aromatic N) is 2. The van der Waals surface area contributed by atoms with Crippen LogP contribution in [0.25, 0.3) is 11.0 Å². The molecule has 21 heavy (non-hydrogen) atoms. The van der Waals surface area contributed by atoms with Crippen LogP contribution in [0.3, 0.4) is 0 Å². The van der Waals surface area contributed by atoms with Crippen LogP contribution >= 0.6 is 47.8 Å². The number of aryl methyl sites for hydroxylation is 2. The summed E-state index contributed by atoms with van der Waals surface area (Å²) in [6.45, 7) is 0.910. The van der Waals surface area contributed by atoms with Crippen molar-refractivity contribution in [1.29, 1.82) is 0 Å². The van der Waals surface area contributed by atoms with Gasteiger partial charge in [0.1, 0.15) is 5.52 Å². The third-order valence-electron chi connectivity index (χ3n) is 3.52. The summed E-state index contributed by atoms with van der Waals surface area (Å²) < 4.78 is 4.72. The summed E-state index contributed by atoms with van der Waals surface area (Å²) in [5, 5.41) is 11.5. The number of hydrogen-bond donors (Lipinski definition) is 2. The Morgan fingerprint density at radius 1 is 1.29 bits per heavy atom. The van der Waals surface area contributed by atoms with E-state index in [9.17, 15) is 4.79 Å². The molecule has 0 saturated carbocycles. The van der Waals surface area contributed by atoms with Gasteiger partial charge in [-0.25, -0.2) is 4.98 Å². The van der Waals surface area contributed by atoms with Gasteiger partial charge in [-0.3, -0.25) is 4.79 Å². The molecule has 0 radical (unpaired) electrons. The SMILES string of the molecule is O=C(NCCO)c1nc2c(Br)c(Br)c(Br)c3c2n1CCC3. The average molecular weight is 482 g/mol. The summed E-state index contributed by atoms with van der Waals surface area (Å²) in [4.78, 5) is 16.7. The number of aromatic nitrogens is 2. The number of aliphatic hydroxyl groups is 1. The molecular formula is C13H12Br3N3O2. The predicted molar refractivity (Wildman–Crippen MR) is 90.6 cm³/mol. The molecule has 1 aliphatic rings. The first-order valence-corrected chi connectivity index (χ1v) is 8.88. The first-order valence-electron chi connectivity index (χ1n) is 6.51. The molecular weight excluding hydrogens is 470 g/mol. The van der Waals surface area contributed by atoms with E-state index in [1.54, 1.807) is 0 Å². The van der Waals surface area contributed by atoms with Crippen molar-refractivity contribution in [3.8, 4) is 0 Å². The van der Waals surface area contributed by atoms with Crippen LogP contribution in [0, 0.1) is 0 Å². The summed E-state index contributed by atoms with van der Waals surface area (Å²) in [7, 11) is 0. The minimum absolute atomic E-state index is 0.0853. The molecule has 0 bridgehead atoms. The van der Waals surface area contributed by atoms with Gasteiger partial charge in [0.2, 0.25) is 0 Å². The van der Waals surface area contributed by atoms with Crippen molar-refractivity contribution >= 4 is 64.7 Å². The fourth-order valence-corrected chi connectivity index (χ4v) is 4.38. The lowest BCUT2D eigenvalue weighted by Gasteiger charge is -2.19. The molecule has 0 unspecified atom stereocenters. The molecule has 8 heteroatoms. The summed E-state index contributed by atoms with van der Waals surface area (Å²) in [5.74, 6) is 0.136. The molecule has 0 aliphatic carbocycles. The van der Waals surface area contributed by atoms with E-state index in [2.05, 4.69) is 58.1 Å². The third kappa shape index (κ3) is 2.46. The van der Waals surface area contributed by atoms with Gasteiger partial charge in [0, 0.05) is 22.0 Å². The van der Waals surface area contributed by atoms with Crippen LogP contribution in [0.4, 0.5) is 0 Å². The van der Waals surface area contributed by atoms with Gasteiger partial charge in [-0.1, -0.05) is 0 Å². The first-order chi connectivity index (χ1) is 10.1. The first kappa shape index (κ1) is 15.5. The van der Waals surface area contributed by atoms with E-state index in [-0.39, 0.29) is 19.1 Å². The normalized spacial score (nSPS) is 13.7. The van der Waals surface area contributed by atoms with Crippen LogP contribution in [0.5, 0.6) is 0 Å². The lowest BCUT2D eigenvalue weighted by Crippen LogP contribution is -2.29. The zero-order valence-corrected chi connectivity index (χ0v) is 15.7. The molecule has 5 nitrogen and oxygen atoms in total. The van der Waals surface area contributed by atoms with Crippen LogP contribution in [-0.2, 0) is 13.0 Å². The average Bonchev–Trinajstić information content (AvgIpc) is 2.89. The van der Waals surface area contributed by atoms with E-state index in [0.29, 0.717) is 5.82 Å². The number of benzene rings is 1. The highest BCUT2D eigenvalue weighted by atomic mass is 79.9. The van der Waals surface area contributed by atoms with E-state index >= 15 is 0 Å². The maximum Gasteiger partial charge on any atom is 0.287 e. The van der Waals surface area contributed by atoms with Gasteiger partial charge >= 0.3 is 0 Å². The van der Waals surface area contributed by atoms with E-state index < -0.39 is 0 Å². The molecule has 112 valence electrons. The minimum Gasteiger partial charge on any atom is -0.395 e. The Labute approximate surface area is 146 Å². The Kier molecular flexibility index (Phi) is 4.40. The Morgan fingerprint density at radius 2 is 2.05 bits per heavy atom. The fourth-order valence-electron chi connectivity index (χ4n) is 2.63. The maximum atomic E-state index is 12.2. The summed E-state index contributed by atoms with van der Waals surface area (Å²) in [6, 6.07) is 0. The molecule has 0 spiro atoms. The number of carbonyl (C=O) groups excluding carboxylic acids is 1. The van der Waals surface area contributed by atoms with Crippen molar-refractivity contribution in [3.05, 3.63) is 24.8 Å². The lowest BCUT2D eigenvalue weighted by molar-refractivity contribution is 0.0930. The van der Waals surface area contributed by atoms with Gasteiger partial charge in [-0.05, 0) is 66.2 Å². The van der Waals surface area contributed by atoms with Gasteiger partial charge in [0.05, 0.1) is 16.6 Å². The number of halogens is 3.